The third kappa shape index (κ3) is 3.98. The molecule has 128 valence electrons. The Balaban J connectivity index is 1.64. The second-order valence-corrected chi connectivity index (χ2v) is 8.76. The van der Waals surface area contributed by atoms with Crippen LogP contribution in [-0.4, -0.2) is 39.2 Å². The van der Waals surface area contributed by atoms with Crippen molar-refractivity contribution in [1.29, 1.82) is 0 Å². The Bertz CT molecular complexity index is 671. The third-order valence-corrected chi connectivity index (χ3v) is 6.29. The number of ether oxygens (including phenoxy) is 2. The van der Waals surface area contributed by atoms with Crippen molar-refractivity contribution >= 4 is 9.84 Å². The SMILES string of the molecule is CCOc1cc2c(cc1CNC[C@H]1CCS(=O)(=O)C1)O[C@@H](C)C2. The van der Waals surface area contributed by atoms with Crippen LogP contribution in [0.2, 0.25) is 0 Å². The molecule has 1 aromatic rings. The number of sulfone groups is 1. The molecule has 0 amide bonds. The highest BCUT2D eigenvalue weighted by Crippen LogP contribution is 2.35. The lowest BCUT2D eigenvalue weighted by atomic mass is 10.1. The minimum absolute atomic E-state index is 0.214. The topological polar surface area (TPSA) is 64.6 Å². The van der Waals surface area contributed by atoms with Crippen LogP contribution in [0.25, 0.3) is 0 Å². The van der Waals surface area contributed by atoms with Crippen molar-refractivity contribution in [3.63, 3.8) is 0 Å². The molecule has 2 heterocycles. The van der Waals surface area contributed by atoms with E-state index >= 15 is 0 Å². The van der Waals surface area contributed by atoms with Gasteiger partial charge < -0.3 is 14.8 Å². The molecule has 1 N–H and O–H groups in total. The molecule has 0 aromatic heterocycles. The first kappa shape index (κ1) is 16.6. The van der Waals surface area contributed by atoms with Crippen molar-refractivity contribution in [3.8, 4) is 11.5 Å². The fourth-order valence-electron chi connectivity index (χ4n) is 3.35. The van der Waals surface area contributed by atoms with E-state index in [2.05, 4.69) is 24.4 Å². The van der Waals surface area contributed by atoms with Gasteiger partial charge in [-0.2, -0.15) is 0 Å². The van der Waals surface area contributed by atoms with Gasteiger partial charge in [-0.05, 0) is 44.9 Å². The average molecular weight is 339 g/mol. The number of hydrogen-bond donors (Lipinski definition) is 1. The van der Waals surface area contributed by atoms with Crippen LogP contribution in [0.15, 0.2) is 12.1 Å². The van der Waals surface area contributed by atoms with E-state index in [1.165, 1.54) is 5.56 Å². The molecule has 0 saturated carbocycles. The number of hydrogen-bond acceptors (Lipinski definition) is 5. The van der Waals surface area contributed by atoms with Crippen LogP contribution >= 0.6 is 0 Å². The van der Waals surface area contributed by atoms with Gasteiger partial charge in [0, 0.05) is 24.1 Å². The van der Waals surface area contributed by atoms with Crippen LogP contribution < -0.4 is 14.8 Å². The lowest BCUT2D eigenvalue weighted by Gasteiger charge is -2.14. The molecule has 1 saturated heterocycles. The molecule has 23 heavy (non-hydrogen) atoms. The molecule has 2 aliphatic rings. The lowest BCUT2D eigenvalue weighted by Crippen LogP contribution is -2.23. The molecule has 1 fully saturated rings. The molecule has 0 bridgehead atoms. The standard InChI is InChI=1S/C17H25NO4S/c1-3-21-16-7-14-6-12(2)22-17(14)8-15(16)10-18-9-13-4-5-23(19,20)11-13/h7-8,12-13,18H,3-6,9-11H2,1-2H3/t12-,13+/m0/s1. The second kappa shape index (κ2) is 6.69. The molecule has 6 heteroatoms. The van der Waals surface area contributed by atoms with Crippen LogP contribution in [0.3, 0.4) is 0 Å². The first-order valence-corrected chi connectivity index (χ1v) is 10.2. The van der Waals surface area contributed by atoms with Crippen LogP contribution in [0.1, 0.15) is 31.4 Å². The lowest BCUT2D eigenvalue weighted by molar-refractivity contribution is 0.254. The molecule has 0 spiro atoms. The molecule has 2 atom stereocenters. The maximum atomic E-state index is 11.5. The van der Waals surface area contributed by atoms with Crippen LogP contribution in [0, 0.1) is 5.92 Å². The maximum Gasteiger partial charge on any atom is 0.150 e. The summed E-state index contributed by atoms with van der Waals surface area (Å²) in [6.45, 7) is 6.06. The van der Waals surface area contributed by atoms with Crippen molar-refractivity contribution in [2.75, 3.05) is 24.7 Å². The Hall–Kier alpha value is -1.27. The molecular formula is C17H25NO4S. The van der Waals surface area contributed by atoms with Crippen LogP contribution in [0.5, 0.6) is 11.5 Å². The number of nitrogens with one attached hydrogen (secondary N) is 1. The normalized spacial score (nSPS) is 25.1. The molecule has 5 nitrogen and oxygen atoms in total. The van der Waals surface area contributed by atoms with Crippen molar-refractivity contribution in [3.05, 3.63) is 23.3 Å². The van der Waals surface area contributed by atoms with Gasteiger partial charge in [-0.15, -0.1) is 0 Å². The quantitative estimate of drug-likeness (QED) is 0.858. The minimum Gasteiger partial charge on any atom is -0.494 e. The molecule has 0 unspecified atom stereocenters. The third-order valence-electron chi connectivity index (χ3n) is 4.45. The highest BCUT2D eigenvalue weighted by molar-refractivity contribution is 7.91. The summed E-state index contributed by atoms with van der Waals surface area (Å²) in [5.74, 6) is 2.70. The van der Waals surface area contributed by atoms with Gasteiger partial charge in [0.25, 0.3) is 0 Å². The average Bonchev–Trinajstić information content (AvgIpc) is 3.00. The summed E-state index contributed by atoms with van der Waals surface area (Å²) in [4.78, 5) is 0. The van der Waals surface area contributed by atoms with Gasteiger partial charge in [-0.25, -0.2) is 8.42 Å². The number of rotatable bonds is 6. The Labute approximate surface area is 138 Å². The first-order valence-electron chi connectivity index (χ1n) is 8.33. The summed E-state index contributed by atoms with van der Waals surface area (Å²) in [7, 11) is -2.81. The van der Waals surface area contributed by atoms with Crippen LogP contribution in [-0.2, 0) is 22.8 Å². The molecule has 1 aromatic carbocycles. The van der Waals surface area contributed by atoms with Crippen LogP contribution in [0.4, 0.5) is 0 Å². The zero-order valence-corrected chi connectivity index (χ0v) is 14.6. The Kier molecular flexibility index (Phi) is 4.82. The zero-order valence-electron chi connectivity index (χ0n) is 13.8. The fraction of sp³-hybridized carbons (Fsp3) is 0.647. The molecule has 2 aliphatic heterocycles. The van der Waals surface area contributed by atoms with E-state index in [-0.39, 0.29) is 12.0 Å². The molecule has 0 aliphatic carbocycles. The highest BCUT2D eigenvalue weighted by Gasteiger charge is 2.27. The second-order valence-electron chi connectivity index (χ2n) is 6.53. The molecule has 0 radical (unpaired) electrons. The maximum absolute atomic E-state index is 11.5. The summed E-state index contributed by atoms with van der Waals surface area (Å²) in [6, 6.07) is 4.14. The Morgan fingerprint density at radius 1 is 1.39 bits per heavy atom. The molecule has 3 rings (SSSR count). The largest absolute Gasteiger partial charge is 0.494 e. The van der Waals surface area contributed by atoms with Gasteiger partial charge in [0.1, 0.15) is 17.6 Å². The van der Waals surface area contributed by atoms with Gasteiger partial charge in [-0.3, -0.25) is 0 Å². The fourth-order valence-corrected chi connectivity index (χ4v) is 5.22. The Morgan fingerprint density at radius 3 is 2.91 bits per heavy atom. The van der Waals surface area contributed by atoms with Crippen molar-refractivity contribution in [2.24, 2.45) is 5.92 Å². The number of benzene rings is 1. The van der Waals surface area contributed by atoms with Crippen molar-refractivity contribution in [2.45, 2.75) is 39.3 Å². The van der Waals surface area contributed by atoms with E-state index in [0.717, 1.165) is 36.4 Å². The van der Waals surface area contributed by atoms with E-state index in [0.29, 0.717) is 24.7 Å². The summed E-state index contributed by atoms with van der Waals surface area (Å²) in [6.07, 6.45) is 1.90. The smallest absolute Gasteiger partial charge is 0.150 e. The summed E-state index contributed by atoms with van der Waals surface area (Å²) >= 11 is 0. The van der Waals surface area contributed by atoms with E-state index < -0.39 is 9.84 Å². The zero-order chi connectivity index (χ0) is 16.4. The highest BCUT2D eigenvalue weighted by atomic mass is 32.2. The van der Waals surface area contributed by atoms with E-state index in [4.69, 9.17) is 9.47 Å². The predicted molar refractivity (Wildman–Crippen MR) is 89.9 cm³/mol. The summed E-state index contributed by atoms with van der Waals surface area (Å²) in [5, 5.41) is 3.38. The van der Waals surface area contributed by atoms with Crippen molar-refractivity contribution in [1.82, 2.24) is 5.32 Å². The van der Waals surface area contributed by atoms with Gasteiger partial charge in [0.15, 0.2) is 9.84 Å². The summed E-state index contributed by atoms with van der Waals surface area (Å²) in [5.41, 5.74) is 2.27. The molecular weight excluding hydrogens is 314 g/mol. The number of fused-ring (bicyclic) bond motifs is 1. The first-order chi connectivity index (χ1) is 11.0. The van der Waals surface area contributed by atoms with Gasteiger partial charge >= 0.3 is 0 Å². The van der Waals surface area contributed by atoms with Crippen molar-refractivity contribution < 1.29 is 17.9 Å². The monoisotopic (exact) mass is 339 g/mol. The predicted octanol–water partition coefficient (Wildman–Crippen LogP) is 1.93. The summed E-state index contributed by atoms with van der Waals surface area (Å²) < 4.78 is 34.6. The van der Waals surface area contributed by atoms with E-state index in [1.807, 2.05) is 6.92 Å². The van der Waals surface area contributed by atoms with Gasteiger partial charge in [0.2, 0.25) is 0 Å². The van der Waals surface area contributed by atoms with E-state index in [9.17, 15) is 8.42 Å². The van der Waals surface area contributed by atoms with Gasteiger partial charge in [0.05, 0.1) is 18.1 Å². The van der Waals surface area contributed by atoms with Gasteiger partial charge in [-0.1, -0.05) is 0 Å². The minimum atomic E-state index is -2.81. The Morgan fingerprint density at radius 2 is 2.22 bits per heavy atom. The van der Waals surface area contributed by atoms with E-state index in [1.54, 1.807) is 0 Å².